The van der Waals surface area contributed by atoms with Crippen LogP contribution >= 0.6 is 22.9 Å². The van der Waals surface area contributed by atoms with Gasteiger partial charge in [-0.1, -0.05) is 59.2 Å². The standard InChI is InChI=1S/C22H18ClN3O2S/c23-21-11-10-20(29-21)22(27)25-14-18-12-19(26-28-18)16-6-8-17(9-7-16)24-13-15-4-2-1-3-5-15/h1-12,24H,13-14H2,(H,25,27). The number of carbonyl (C=O) groups is 1. The highest BCUT2D eigenvalue weighted by molar-refractivity contribution is 7.17. The van der Waals surface area contributed by atoms with Gasteiger partial charge in [0.1, 0.15) is 5.69 Å². The Balaban J connectivity index is 1.33. The third-order valence-electron chi connectivity index (χ3n) is 4.30. The summed E-state index contributed by atoms with van der Waals surface area (Å²) >= 11 is 7.10. The van der Waals surface area contributed by atoms with Gasteiger partial charge in [0, 0.05) is 23.9 Å². The molecule has 0 fully saturated rings. The topological polar surface area (TPSA) is 67.2 Å². The van der Waals surface area contributed by atoms with Gasteiger partial charge in [0.2, 0.25) is 0 Å². The Morgan fingerprint density at radius 2 is 1.79 bits per heavy atom. The molecule has 1 amide bonds. The lowest BCUT2D eigenvalue weighted by atomic mass is 10.1. The molecule has 4 rings (SSSR count). The van der Waals surface area contributed by atoms with Crippen LogP contribution in [0.25, 0.3) is 11.3 Å². The van der Waals surface area contributed by atoms with E-state index in [1.807, 2.05) is 48.5 Å². The number of anilines is 1. The number of carbonyl (C=O) groups excluding carboxylic acids is 1. The van der Waals surface area contributed by atoms with Gasteiger partial charge in [0.05, 0.1) is 15.8 Å². The first-order valence-corrected chi connectivity index (χ1v) is 10.2. The van der Waals surface area contributed by atoms with Crippen LogP contribution in [0.3, 0.4) is 0 Å². The number of nitrogens with zero attached hydrogens (tertiary/aromatic N) is 1. The van der Waals surface area contributed by atoms with Gasteiger partial charge in [0.25, 0.3) is 5.91 Å². The van der Waals surface area contributed by atoms with Crippen molar-refractivity contribution in [1.82, 2.24) is 10.5 Å². The number of thiophene rings is 1. The Bertz CT molecular complexity index is 1090. The van der Waals surface area contributed by atoms with Crippen LogP contribution in [0.15, 0.2) is 77.3 Å². The van der Waals surface area contributed by atoms with Gasteiger partial charge in [-0.15, -0.1) is 11.3 Å². The molecule has 2 aromatic carbocycles. The zero-order chi connectivity index (χ0) is 20.1. The van der Waals surface area contributed by atoms with E-state index >= 15 is 0 Å². The predicted octanol–water partition coefficient (Wildman–Crippen LogP) is 5.60. The molecule has 0 bridgehead atoms. The Kier molecular flexibility index (Phi) is 5.93. The first-order valence-electron chi connectivity index (χ1n) is 9.05. The number of hydrogen-bond acceptors (Lipinski definition) is 5. The number of amides is 1. The second kappa shape index (κ2) is 8.94. The molecule has 7 heteroatoms. The van der Waals surface area contributed by atoms with Crippen LogP contribution in [0.4, 0.5) is 5.69 Å². The number of benzene rings is 2. The molecule has 0 aliphatic carbocycles. The lowest BCUT2D eigenvalue weighted by Crippen LogP contribution is -2.21. The van der Waals surface area contributed by atoms with Crippen molar-refractivity contribution < 1.29 is 9.32 Å². The smallest absolute Gasteiger partial charge is 0.261 e. The van der Waals surface area contributed by atoms with Crippen molar-refractivity contribution in [2.45, 2.75) is 13.1 Å². The van der Waals surface area contributed by atoms with E-state index in [9.17, 15) is 4.79 Å². The average Bonchev–Trinajstić information content (AvgIpc) is 3.41. The van der Waals surface area contributed by atoms with E-state index in [0.717, 1.165) is 23.5 Å². The minimum absolute atomic E-state index is 0.186. The van der Waals surface area contributed by atoms with E-state index < -0.39 is 0 Å². The average molecular weight is 424 g/mol. The first kappa shape index (κ1) is 19.2. The maximum Gasteiger partial charge on any atom is 0.261 e. The van der Waals surface area contributed by atoms with Crippen molar-refractivity contribution in [3.8, 4) is 11.3 Å². The molecule has 4 aromatic rings. The third-order valence-corrected chi connectivity index (χ3v) is 5.53. The SMILES string of the molecule is O=C(NCc1cc(-c2ccc(NCc3ccccc3)cc2)no1)c1ccc(Cl)s1. The maximum absolute atomic E-state index is 12.1. The normalized spacial score (nSPS) is 10.7. The lowest BCUT2D eigenvalue weighted by molar-refractivity contribution is 0.0951. The predicted molar refractivity (Wildman–Crippen MR) is 116 cm³/mol. The highest BCUT2D eigenvalue weighted by Gasteiger charge is 2.11. The molecule has 0 atom stereocenters. The number of hydrogen-bond donors (Lipinski definition) is 2. The van der Waals surface area contributed by atoms with Gasteiger partial charge >= 0.3 is 0 Å². The van der Waals surface area contributed by atoms with Crippen LogP contribution in [0.2, 0.25) is 4.34 Å². The summed E-state index contributed by atoms with van der Waals surface area (Å²) in [5.41, 5.74) is 3.93. The highest BCUT2D eigenvalue weighted by atomic mass is 35.5. The first-order chi connectivity index (χ1) is 14.2. The second-order valence-electron chi connectivity index (χ2n) is 6.38. The second-order valence-corrected chi connectivity index (χ2v) is 8.10. The highest BCUT2D eigenvalue weighted by Crippen LogP contribution is 2.23. The molecule has 0 radical (unpaired) electrons. The minimum Gasteiger partial charge on any atom is -0.381 e. The van der Waals surface area contributed by atoms with Crippen LogP contribution in [0.5, 0.6) is 0 Å². The van der Waals surface area contributed by atoms with Crippen molar-refractivity contribution in [1.29, 1.82) is 0 Å². The molecule has 5 nitrogen and oxygen atoms in total. The van der Waals surface area contributed by atoms with Gasteiger partial charge in [-0.05, 0) is 29.8 Å². The van der Waals surface area contributed by atoms with E-state index in [1.54, 1.807) is 12.1 Å². The molecular weight excluding hydrogens is 406 g/mol. The molecule has 0 spiro atoms. The number of halogens is 1. The summed E-state index contributed by atoms with van der Waals surface area (Å²) in [6.07, 6.45) is 0. The summed E-state index contributed by atoms with van der Waals surface area (Å²) in [5.74, 6) is 0.399. The summed E-state index contributed by atoms with van der Waals surface area (Å²) < 4.78 is 5.93. The molecule has 2 aromatic heterocycles. The maximum atomic E-state index is 12.1. The monoisotopic (exact) mass is 423 g/mol. The minimum atomic E-state index is -0.186. The molecular formula is C22H18ClN3O2S. The Morgan fingerprint density at radius 3 is 2.52 bits per heavy atom. The van der Waals surface area contributed by atoms with Crippen molar-refractivity contribution in [2.24, 2.45) is 0 Å². The van der Waals surface area contributed by atoms with Gasteiger partial charge < -0.3 is 15.2 Å². The molecule has 0 aliphatic heterocycles. The Morgan fingerprint density at radius 1 is 1.00 bits per heavy atom. The van der Waals surface area contributed by atoms with Crippen LogP contribution in [-0.4, -0.2) is 11.1 Å². The largest absolute Gasteiger partial charge is 0.381 e. The Labute approximate surface area is 177 Å². The van der Waals surface area contributed by atoms with Gasteiger partial charge in [-0.25, -0.2) is 0 Å². The quantitative estimate of drug-likeness (QED) is 0.406. The fourth-order valence-electron chi connectivity index (χ4n) is 2.78. The van der Waals surface area contributed by atoms with Crippen molar-refractivity contribution >= 4 is 34.5 Å². The van der Waals surface area contributed by atoms with Crippen LogP contribution in [-0.2, 0) is 13.1 Å². The summed E-state index contributed by atoms with van der Waals surface area (Å²) in [4.78, 5) is 12.6. The van der Waals surface area contributed by atoms with E-state index in [2.05, 4.69) is 27.9 Å². The summed E-state index contributed by atoms with van der Waals surface area (Å²) in [6.45, 7) is 1.03. The lowest BCUT2D eigenvalue weighted by Gasteiger charge is -2.06. The van der Waals surface area contributed by atoms with Crippen LogP contribution in [0.1, 0.15) is 21.0 Å². The molecule has 0 unspecified atom stereocenters. The zero-order valence-corrected chi connectivity index (χ0v) is 17.0. The third kappa shape index (κ3) is 5.04. The fourth-order valence-corrected chi connectivity index (χ4v) is 3.74. The molecule has 29 heavy (non-hydrogen) atoms. The van der Waals surface area contributed by atoms with Crippen molar-refractivity contribution in [3.63, 3.8) is 0 Å². The number of rotatable bonds is 7. The Hall–Kier alpha value is -3.09. The van der Waals surface area contributed by atoms with E-state index in [4.69, 9.17) is 16.1 Å². The summed E-state index contributed by atoms with van der Waals surface area (Å²) in [6, 6.07) is 23.5. The fraction of sp³-hybridized carbons (Fsp3) is 0.0909. The van der Waals surface area contributed by atoms with Gasteiger partial charge in [-0.2, -0.15) is 0 Å². The zero-order valence-electron chi connectivity index (χ0n) is 15.4. The number of nitrogens with one attached hydrogen (secondary N) is 2. The molecule has 0 saturated heterocycles. The van der Waals surface area contributed by atoms with Crippen LogP contribution < -0.4 is 10.6 Å². The molecule has 0 saturated carbocycles. The summed E-state index contributed by atoms with van der Waals surface area (Å²) in [5, 5.41) is 10.3. The summed E-state index contributed by atoms with van der Waals surface area (Å²) in [7, 11) is 0. The van der Waals surface area contributed by atoms with Gasteiger partial charge in [-0.3, -0.25) is 4.79 Å². The van der Waals surface area contributed by atoms with E-state index in [1.165, 1.54) is 16.9 Å². The van der Waals surface area contributed by atoms with E-state index in [-0.39, 0.29) is 12.5 Å². The molecule has 0 aliphatic rings. The molecule has 2 N–H and O–H groups in total. The molecule has 2 heterocycles. The van der Waals surface area contributed by atoms with Crippen LogP contribution in [0, 0.1) is 0 Å². The van der Waals surface area contributed by atoms with Gasteiger partial charge in [0.15, 0.2) is 5.76 Å². The number of aromatic nitrogens is 1. The molecule has 146 valence electrons. The van der Waals surface area contributed by atoms with Crippen molar-refractivity contribution in [2.75, 3.05) is 5.32 Å². The van der Waals surface area contributed by atoms with E-state index in [0.29, 0.717) is 15.0 Å². The van der Waals surface area contributed by atoms with Crippen molar-refractivity contribution in [3.05, 3.63) is 93.3 Å².